The van der Waals surface area contributed by atoms with E-state index in [0.29, 0.717) is 34.6 Å². The van der Waals surface area contributed by atoms with Gasteiger partial charge in [0, 0.05) is 49.1 Å². The van der Waals surface area contributed by atoms with Gasteiger partial charge in [0.15, 0.2) is 16.9 Å². The van der Waals surface area contributed by atoms with Gasteiger partial charge in [-0.15, -0.1) is 0 Å². The molecule has 0 aliphatic carbocycles. The second-order valence-electron chi connectivity index (χ2n) is 10.1. The Morgan fingerprint density at radius 1 is 1.38 bits per heavy atom. The van der Waals surface area contributed by atoms with E-state index >= 15 is 0 Å². The van der Waals surface area contributed by atoms with Gasteiger partial charge in [-0.05, 0) is 24.0 Å². The van der Waals surface area contributed by atoms with Crippen LogP contribution in [0.2, 0.25) is 0 Å². The van der Waals surface area contributed by atoms with Gasteiger partial charge < -0.3 is 25.0 Å². The van der Waals surface area contributed by atoms with Crippen LogP contribution in [0.1, 0.15) is 34.1 Å². The third-order valence-electron chi connectivity index (χ3n) is 5.87. The predicted molar refractivity (Wildman–Crippen MR) is 125 cm³/mol. The molecule has 0 spiro atoms. The zero-order chi connectivity index (χ0) is 22.9. The van der Waals surface area contributed by atoms with Crippen LogP contribution in [0.4, 0.5) is 10.5 Å². The Hall–Kier alpha value is -3.13. The molecule has 3 heterocycles. The molecule has 2 aromatic heterocycles. The third kappa shape index (κ3) is 4.85. The molecule has 0 bridgehead atoms. The van der Waals surface area contributed by atoms with Gasteiger partial charge in [-0.3, -0.25) is 0 Å². The minimum atomic E-state index is -0.599. The van der Waals surface area contributed by atoms with Crippen LogP contribution in [-0.2, 0) is 0 Å². The molecule has 8 heteroatoms. The van der Waals surface area contributed by atoms with Crippen molar-refractivity contribution >= 4 is 22.9 Å². The Morgan fingerprint density at radius 3 is 2.91 bits per heavy atom. The van der Waals surface area contributed by atoms with E-state index in [1.807, 2.05) is 26.0 Å². The minimum Gasteiger partial charge on any atom is -0.406 e. The molecule has 4 rings (SSSR count). The van der Waals surface area contributed by atoms with Crippen molar-refractivity contribution in [2.75, 3.05) is 31.1 Å². The molecule has 0 unspecified atom stereocenters. The van der Waals surface area contributed by atoms with E-state index in [4.69, 9.17) is 9.72 Å². The Balaban J connectivity index is 1.54. The normalized spacial score (nSPS) is 15.8. The van der Waals surface area contributed by atoms with Crippen LogP contribution in [0.15, 0.2) is 36.7 Å². The zero-order valence-corrected chi connectivity index (χ0v) is 19.1. The van der Waals surface area contributed by atoms with Crippen molar-refractivity contribution in [3.8, 4) is 17.0 Å². The minimum absolute atomic E-state index is 0.0385. The summed E-state index contributed by atoms with van der Waals surface area (Å²) in [5.41, 5.74) is 3.77. The van der Waals surface area contributed by atoms with E-state index in [-0.39, 0.29) is 6.61 Å². The first-order chi connectivity index (χ1) is 15.2. The number of amides is 1. The van der Waals surface area contributed by atoms with Crippen molar-refractivity contribution in [2.45, 2.75) is 34.1 Å². The van der Waals surface area contributed by atoms with Crippen molar-refractivity contribution in [3.05, 3.63) is 36.7 Å². The number of anilines is 1. The lowest BCUT2D eigenvalue weighted by atomic mass is 9.93. The smallest absolute Gasteiger partial charge is 0.406 e. The van der Waals surface area contributed by atoms with E-state index < -0.39 is 11.5 Å². The van der Waals surface area contributed by atoms with Crippen LogP contribution >= 0.6 is 0 Å². The van der Waals surface area contributed by atoms with Crippen molar-refractivity contribution in [3.63, 3.8) is 0 Å². The van der Waals surface area contributed by atoms with Crippen molar-refractivity contribution in [2.24, 2.45) is 10.8 Å². The molecule has 1 amide bonds. The number of hydrogen-bond acceptors (Lipinski definition) is 6. The largest absolute Gasteiger partial charge is 0.412 e. The summed E-state index contributed by atoms with van der Waals surface area (Å²) in [6.07, 6.45) is 3.87. The number of aromatic nitrogens is 3. The molecule has 0 radical (unpaired) electrons. The van der Waals surface area contributed by atoms with Gasteiger partial charge in [0.1, 0.15) is 0 Å². The quantitative estimate of drug-likeness (QED) is 0.539. The average Bonchev–Trinajstić information content (AvgIpc) is 3.35. The van der Waals surface area contributed by atoms with Crippen LogP contribution in [-0.4, -0.2) is 52.4 Å². The van der Waals surface area contributed by atoms with E-state index in [9.17, 15) is 9.90 Å². The first-order valence-corrected chi connectivity index (χ1v) is 10.9. The molecule has 1 saturated heterocycles. The average molecular weight is 438 g/mol. The van der Waals surface area contributed by atoms with E-state index in [1.165, 1.54) is 12.1 Å². The van der Waals surface area contributed by atoms with Crippen LogP contribution in [0, 0.1) is 10.8 Å². The number of benzene rings is 1. The summed E-state index contributed by atoms with van der Waals surface area (Å²) >= 11 is 0. The van der Waals surface area contributed by atoms with Gasteiger partial charge in [-0.25, -0.2) is 14.8 Å². The Kier molecular flexibility index (Phi) is 5.81. The number of aliphatic hydroxyl groups excluding tert-OH is 1. The molecule has 0 saturated carbocycles. The van der Waals surface area contributed by atoms with Gasteiger partial charge in [-0.1, -0.05) is 39.8 Å². The summed E-state index contributed by atoms with van der Waals surface area (Å²) in [4.78, 5) is 26.8. The van der Waals surface area contributed by atoms with Gasteiger partial charge >= 0.3 is 6.09 Å². The Labute approximate surface area is 188 Å². The lowest BCUT2D eigenvalue weighted by molar-refractivity contribution is 0.150. The first kappa shape index (κ1) is 22.1. The summed E-state index contributed by atoms with van der Waals surface area (Å²) < 4.78 is 5.45. The number of rotatable bonds is 6. The number of H-pyrrole nitrogens is 1. The van der Waals surface area contributed by atoms with Crippen molar-refractivity contribution < 1.29 is 14.6 Å². The summed E-state index contributed by atoms with van der Waals surface area (Å²) in [7, 11) is 0. The summed E-state index contributed by atoms with van der Waals surface area (Å²) in [5.74, 6) is 0.311. The lowest BCUT2D eigenvalue weighted by Gasteiger charge is -2.22. The predicted octanol–water partition coefficient (Wildman–Crippen LogP) is 3.97. The van der Waals surface area contributed by atoms with E-state index in [1.54, 1.807) is 12.4 Å². The lowest BCUT2D eigenvalue weighted by Crippen LogP contribution is -2.37. The summed E-state index contributed by atoms with van der Waals surface area (Å²) in [6.45, 7) is 10.6. The number of fused-ring (bicyclic) bond motifs is 1. The van der Waals surface area contributed by atoms with Gasteiger partial charge in [-0.2, -0.15) is 0 Å². The maximum absolute atomic E-state index is 12.2. The Bertz CT molecular complexity index is 1120. The molecule has 0 atom stereocenters. The summed E-state index contributed by atoms with van der Waals surface area (Å²) in [6, 6.07) is 8.30. The topological polar surface area (TPSA) is 103 Å². The van der Waals surface area contributed by atoms with Gasteiger partial charge in [0.2, 0.25) is 0 Å². The molecule has 3 aromatic rings. The molecule has 1 aliphatic heterocycles. The van der Waals surface area contributed by atoms with Gasteiger partial charge in [0.05, 0.1) is 11.9 Å². The van der Waals surface area contributed by atoms with Gasteiger partial charge in [0.25, 0.3) is 0 Å². The standard InChI is InChI=1S/C24H31N5O3/c1-23(2)8-9-29(14-23)17-7-5-6-16(10-17)18-11-25-21-20(28-18)19(12-26-21)32-22(31)27-13-24(3,4)15-30/h5-7,10-12,30H,8-9,13-15H2,1-4H3,(H,25,26)(H,27,31). The monoisotopic (exact) mass is 437 g/mol. The number of carbonyl (C=O) groups is 1. The molecular formula is C24H31N5O3. The molecule has 1 fully saturated rings. The second-order valence-corrected chi connectivity index (χ2v) is 10.1. The fourth-order valence-corrected chi connectivity index (χ4v) is 3.78. The van der Waals surface area contributed by atoms with E-state index in [2.05, 4.69) is 46.2 Å². The molecule has 32 heavy (non-hydrogen) atoms. The fourth-order valence-electron chi connectivity index (χ4n) is 3.78. The number of nitrogens with zero attached hydrogens (tertiary/aromatic N) is 3. The fraction of sp³-hybridized carbons (Fsp3) is 0.458. The third-order valence-corrected chi connectivity index (χ3v) is 5.87. The van der Waals surface area contributed by atoms with Crippen LogP contribution in [0.25, 0.3) is 22.4 Å². The number of carbonyl (C=O) groups excluding carboxylic acids is 1. The number of aliphatic hydroxyl groups is 1. The molecule has 170 valence electrons. The van der Waals surface area contributed by atoms with Crippen LogP contribution < -0.4 is 15.0 Å². The summed E-state index contributed by atoms with van der Waals surface area (Å²) in [5, 5.41) is 12.0. The first-order valence-electron chi connectivity index (χ1n) is 10.9. The second kappa shape index (κ2) is 8.43. The number of hydrogen-bond donors (Lipinski definition) is 3. The number of nitrogens with one attached hydrogen (secondary N) is 2. The highest BCUT2D eigenvalue weighted by molar-refractivity contribution is 5.84. The number of aromatic amines is 1. The SMILES string of the molecule is CC(C)(CO)CNC(=O)Oc1c[nH]c2ncc(-c3cccc(N4CCC(C)(C)C4)c3)nc12. The highest BCUT2D eigenvalue weighted by Crippen LogP contribution is 2.34. The van der Waals surface area contributed by atoms with Crippen molar-refractivity contribution in [1.29, 1.82) is 0 Å². The molecular weight excluding hydrogens is 406 g/mol. The van der Waals surface area contributed by atoms with E-state index in [0.717, 1.165) is 18.7 Å². The van der Waals surface area contributed by atoms with Crippen LogP contribution in [0.3, 0.4) is 0 Å². The van der Waals surface area contributed by atoms with Crippen LogP contribution in [0.5, 0.6) is 5.75 Å². The maximum Gasteiger partial charge on any atom is 0.412 e. The zero-order valence-electron chi connectivity index (χ0n) is 19.1. The molecule has 3 N–H and O–H groups in total. The molecule has 8 nitrogen and oxygen atoms in total. The molecule has 1 aromatic carbocycles. The molecule has 1 aliphatic rings. The maximum atomic E-state index is 12.2. The number of ether oxygens (including phenoxy) is 1. The highest BCUT2D eigenvalue weighted by atomic mass is 16.6. The Morgan fingerprint density at radius 2 is 2.19 bits per heavy atom. The highest BCUT2D eigenvalue weighted by Gasteiger charge is 2.29. The van der Waals surface area contributed by atoms with Crippen molar-refractivity contribution in [1.82, 2.24) is 20.3 Å².